The predicted molar refractivity (Wildman–Crippen MR) is 90.1 cm³/mol. The molecule has 1 aromatic carbocycles. The lowest BCUT2D eigenvalue weighted by molar-refractivity contribution is 0.450. The average molecular weight is 297 g/mol. The van der Waals surface area contributed by atoms with E-state index in [1.54, 1.807) is 0 Å². The number of hydrogen-bond acceptors (Lipinski definition) is 3. The van der Waals surface area contributed by atoms with Gasteiger partial charge in [-0.05, 0) is 37.1 Å². The number of benzene rings is 1. The molecule has 3 nitrogen and oxygen atoms in total. The smallest absolute Gasteiger partial charge is 0.164 e. The molecule has 4 heteroatoms. The molecule has 1 aliphatic heterocycles. The number of amidine groups is 1. The second-order valence-electron chi connectivity index (χ2n) is 5.23. The van der Waals surface area contributed by atoms with Crippen molar-refractivity contribution in [2.45, 2.75) is 20.4 Å². The molecule has 1 aromatic heterocycles. The molecule has 0 N–H and O–H groups in total. The molecule has 2 heterocycles. The van der Waals surface area contributed by atoms with Crippen molar-refractivity contribution in [3.05, 3.63) is 59.4 Å². The first kappa shape index (κ1) is 14.1. The quantitative estimate of drug-likeness (QED) is 0.859. The van der Waals surface area contributed by atoms with Crippen LogP contribution in [0.1, 0.15) is 16.8 Å². The van der Waals surface area contributed by atoms with Crippen molar-refractivity contribution in [1.29, 1.82) is 0 Å². The first-order valence-corrected chi connectivity index (χ1v) is 8.15. The molecule has 2 aromatic rings. The lowest BCUT2D eigenvalue weighted by Crippen LogP contribution is -2.24. The molecular weight excluding hydrogens is 278 g/mol. The van der Waals surface area contributed by atoms with Crippen LogP contribution in [-0.4, -0.2) is 27.3 Å². The van der Waals surface area contributed by atoms with Crippen LogP contribution in [-0.2, 0) is 6.54 Å². The largest absolute Gasteiger partial charge is 0.344 e. The topological polar surface area (TPSA) is 28.5 Å². The van der Waals surface area contributed by atoms with Gasteiger partial charge in [-0.2, -0.15) is 0 Å². The number of thioether (sulfide) groups is 1. The van der Waals surface area contributed by atoms with Crippen LogP contribution in [0.3, 0.4) is 0 Å². The summed E-state index contributed by atoms with van der Waals surface area (Å²) >= 11 is 1.83. The minimum absolute atomic E-state index is 0.831. The highest BCUT2D eigenvalue weighted by Crippen LogP contribution is 2.28. The van der Waals surface area contributed by atoms with Gasteiger partial charge < -0.3 is 4.90 Å². The van der Waals surface area contributed by atoms with Crippen LogP contribution < -0.4 is 0 Å². The summed E-state index contributed by atoms with van der Waals surface area (Å²) in [6.45, 7) is 6.10. The number of aryl methyl sites for hydroxylation is 2. The van der Waals surface area contributed by atoms with E-state index in [1.165, 1.54) is 11.1 Å². The van der Waals surface area contributed by atoms with Gasteiger partial charge in [0.25, 0.3) is 0 Å². The van der Waals surface area contributed by atoms with Gasteiger partial charge in [-0.1, -0.05) is 36.0 Å². The summed E-state index contributed by atoms with van der Waals surface area (Å²) in [6, 6.07) is 12.4. The molecule has 108 valence electrons. The Hall–Kier alpha value is -1.81. The van der Waals surface area contributed by atoms with Crippen molar-refractivity contribution >= 4 is 22.6 Å². The number of para-hydroxylation sites is 1. The molecule has 21 heavy (non-hydrogen) atoms. The Morgan fingerprint density at radius 2 is 1.95 bits per heavy atom. The van der Waals surface area contributed by atoms with Crippen molar-refractivity contribution in [1.82, 2.24) is 9.88 Å². The summed E-state index contributed by atoms with van der Waals surface area (Å²) in [6.07, 6.45) is 1.85. The third-order valence-corrected chi connectivity index (χ3v) is 4.58. The van der Waals surface area contributed by atoms with E-state index in [9.17, 15) is 0 Å². The summed E-state index contributed by atoms with van der Waals surface area (Å²) in [5.41, 5.74) is 4.66. The fourth-order valence-electron chi connectivity index (χ4n) is 2.45. The van der Waals surface area contributed by atoms with Gasteiger partial charge in [0.15, 0.2) is 5.17 Å². The Morgan fingerprint density at radius 1 is 1.14 bits per heavy atom. The third kappa shape index (κ3) is 3.27. The maximum atomic E-state index is 4.91. The van der Waals surface area contributed by atoms with E-state index in [0.717, 1.165) is 35.4 Å². The zero-order valence-corrected chi connectivity index (χ0v) is 13.2. The molecule has 0 atom stereocenters. The van der Waals surface area contributed by atoms with Gasteiger partial charge in [0.1, 0.15) is 0 Å². The Balaban J connectivity index is 1.85. The number of nitrogens with zero attached hydrogens (tertiary/aromatic N) is 3. The van der Waals surface area contributed by atoms with Crippen LogP contribution in [0.15, 0.2) is 47.6 Å². The Kier molecular flexibility index (Phi) is 4.25. The van der Waals surface area contributed by atoms with Crippen LogP contribution in [0.5, 0.6) is 0 Å². The first-order valence-electron chi connectivity index (χ1n) is 7.16. The van der Waals surface area contributed by atoms with E-state index < -0.39 is 0 Å². The van der Waals surface area contributed by atoms with Crippen molar-refractivity contribution in [2.24, 2.45) is 4.99 Å². The van der Waals surface area contributed by atoms with Gasteiger partial charge in [0.05, 0.1) is 17.9 Å². The molecule has 1 fully saturated rings. The molecule has 3 rings (SSSR count). The fraction of sp³-hybridized carbons (Fsp3) is 0.294. The average Bonchev–Trinajstić information content (AvgIpc) is 2.91. The molecule has 0 spiro atoms. The minimum atomic E-state index is 0.831. The van der Waals surface area contributed by atoms with Crippen LogP contribution >= 0.6 is 11.8 Å². The highest BCUT2D eigenvalue weighted by atomic mass is 32.2. The molecule has 0 bridgehead atoms. The number of hydrogen-bond donors (Lipinski definition) is 0. The van der Waals surface area contributed by atoms with Crippen LogP contribution in [0.4, 0.5) is 5.69 Å². The van der Waals surface area contributed by atoms with E-state index in [2.05, 4.69) is 48.0 Å². The lowest BCUT2D eigenvalue weighted by Gasteiger charge is -2.18. The summed E-state index contributed by atoms with van der Waals surface area (Å²) in [5, 5.41) is 1.11. The molecule has 0 saturated carbocycles. The molecule has 0 amide bonds. The normalized spacial score (nSPS) is 16.7. The second-order valence-corrected chi connectivity index (χ2v) is 6.29. The minimum Gasteiger partial charge on any atom is -0.344 e. The van der Waals surface area contributed by atoms with E-state index in [-0.39, 0.29) is 0 Å². The number of pyridine rings is 1. The van der Waals surface area contributed by atoms with Gasteiger partial charge in [-0.3, -0.25) is 4.98 Å². The highest BCUT2D eigenvalue weighted by molar-refractivity contribution is 8.14. The standard InChI is InChI=1S/C17H19N3S/c1-13-6-5-7-14(2)16(13)19-17-20(10-11-21-17)12-15-8-3-4-9-18-15/h3-9H,10-12H2,1-2H3. The summed E-state index contributed by atoms with van der Waals surface area (Å²) < 4.78 is 0. The monoisotopic (exact) mass is 297 g/mol. The SMILES string of the molecule is Cc1cccc(C)c1N=C1SCCN1Cc1ccccn1. The summed E-state index contributed by atoms with van der Waals surface area (Å²) in [5.74, 6) is 1.09. The van der Waals surface area contributed by atoms with Gasteiger partial charge in [0, 0.05) is 18.5 Å². The zero-order valence-electron chi connectivity index (χ0n) is 12.4. The molecular formula is C17H19N3S. The Labute approximate surface area is 130 Å². The maximum absolute atomic E-state index is 4.91. The first-order chi connectivity index (χ1) is 10.2. The van der Waals surface area contributed by atoms with Gasteiger partial charge >= 0.3 is 0 Å². The van der Waals surface area contributed by atoms with E-state index in [4.69, 9.17) is 4.99 Å². The van der Waals surface area contributed by atoms with E-state index in [1.807, 2.05) is 30.1 Å². The Bertz CT molecular complexity index is 632. The van der Waals surface area contributed by atoms with Gasteiger partial charge in [-0.15, -0.1) is 0 Å². The lowest BCUT2D eigenvalue weighted by atomic mass is 10.1. The van der Waals surface area contributed by atoms with Crippen LogP contribution in [0, 0.1) is 13.8 Å². The Morgan fingerprint density at radius 3 is 2.67 bits per heavy atom. The van der Waals surface area contributed by atoms with Crippen molar-refractivity contribution < 1.29 is 0 Å². The van der Waals surface area contributed by atoms with Crippen molar-refractivity contribution in [3.63, 3.8) is 0 Å². The zero-order chi connectivity index (χ0) is 14.7. The highest BCUT2D eigenvalue weighted by Gasteiger charge is 2.20. The summed E-state index contributed by atoms with van der Waals surface area (Å²) in [7, 11) is 0. The molecule has 1 saturated heterocycles. The molecule has 0 unspecified atom stereocenters. The van der Waals surface area contributed by atoms with Crippen molar-refractivity contribution in [3.8, 4) is 0 Å². The predicted octanol–water partition coefficient (Wildman–Crippen LogP) is 3.93. The van der Waals surface area contributed by atoms with Crippen molar-refractivity contribution in [2.75, 3.05) is 12.3 Å². The summed E-state index contributed by atoms with van der Waals surface area (Å²) in [4.78, 5) is 11.6. The number of aromatic nitrogens is 1. The molecule has 0 radical (unpaired) electrons. The van der Waals surface area contributed by atoms with E-state index >= 15 is 0 Å². The van der Waals surface area contributed by atoms with Crippen LogP contribution in [0.2, 0.25) is 0 Å². The number of aliphatic imine (C=N–C) groups is 1. The number of rotatable bonds is 3. The van der Waals surface area contributed by atoms with Gasteiger partial charge in [0.2, 0.25) is 0 Å². The fourth-order valence-corrected chi connectivity index (χ4v) is 3.44. The second kappa shape index (κ2) is 6.31. The van der Waals surface area contributed by atoms with E-state index in [0.29, 0.717) is 0 Å². The van der Waals surface area contributed by atoms with Gasteiger partial charge in [-0.25, -0.2) is 4.99 Å². The van der Waals surface area contributed by atoms with Crippen LogP contribution in [0.25, 0.3) is 0 Å². The molecule has 0 aliphatic carbocycles. The third-order valence-electron chi connectivity index (χ3n) is 3.59. The maximum Gasteiger partial charge on any atom is 0.164 e. The molecule has 1 aliphatic rings.